The third-order valence-electron chi connectivity index (χ3n) is 2.50. The van der Waals surface area contributed by atoms with Crippen molar-refractivity contribution in [3.05, 3.63) is 47.4 Å². The van der Waals surface area contributed by atoms with E-state index >= 15 is 0 Å². The molecule has 0 unspecified atom stereocenters. The molecule has 5 heteroatoms. The summed E-state index contributed by atoms with van der Waals surface area (Å²) in [5.41, 5.74) is 2.70. The van der Waals surface area contributed by atoms with Gasteiger partial charge in [0.2, 0.25) is 0 Å². The Balaban J connectivity index is 2.35. The van der Waals surface area contributed by atoms with Gasteiger partial charge in [0, 0.05) is 11.9 Å². The summed E-state index contributed by atoms with van der Waals surface area (Å²) in [6.45, 7) is 3.70. The summed E-state index contributed by atoms with van der Waals surface area (Å²) in [5.74, 6) is -0.463. The van der Waals surface area contributed by atoms with Gasteiger partial charge in [0.05, 0.1) is 17.4 Å². The van der Waals surface area contributed by atoms with E-state index in [9.17, 15) is 4.79 Å². The molecule has 0 saturated carbocycles. The summed E-state index contributed by atoms with van der Waals surface area (Å²) in [5, 5.41) is 12.1. The first-order valence-corrected chi connectivity index (χ1v) is 5.46. The Bertz CT molecular complexity index is 597. The highest BCUT2D eigenvalue weighted by Crippen LogP contribution is 2.19. The molecule has 2 rings (SSSR count). The lowest BCUT2D eigenvalue weighted by atomic mass is 10.2. The topological polar surface area (TPSA) is 75.1 Å². The number of carboxylic acids is 1. The first-order valence-electron chi connectivity index (χ1n) is 5.46. The second-order valence-electron chi connectivity index (χ2n) is 4.00. The maximum atomic E-state index is 11.0. The van der Waals surface area contributed by atoms with Crippen LogP contribution in [0.25, 0.3) is 0 Å². The van der Waals surface area contributed by atoms with Crippen LogP contribution in [0.3, 0.4) is 0 Å². The van der Waals surface area contributed by atoms with Crippen molar-refractivity contribution < 1.29 is 9.90 Å². The number of hydrogen-bond acceptors (Lipinski definition) is 4. The fourth-order valence-corrected chi connectivity index (χ4v) is 1.59. The number of aromatic carboxylic acids is 1. The fraction of sp³-hybridized carbons (Fsp3) is 0.154. The fourth-order valence-electron chi connectivity index (χ4n) is 1.59. The first kappa shape index (κ1) is 12.0. The van der Waals surface area contributed by atoms with Gasteiger partial charge in [0.25, 0.3) is 0 Å². The van der Waals surface area contributed by atoms with Crippen LogP contribution in [0.1, 0.15) is 21.6 Å². The zero-order valence-electron chi connectivity index (χ0n) is 10.1. The van der Waals surface area contributed by atoms with Crippen LogP contribution in [-0.2, 0) is 0 Å². The number of nitrogens with zero attached hydrogens (tertiary/aromatic N) is 2. The Labute approximate surface area is 105 Å². The minimum absolute atomic E-state index is 0.214. The molecule has 2 aromatic rings. The maximum absolute atomic E-state index is 11.0. The van der Waals surface area contributed by atoms with E-state index in [4.69, 9.17) is 5.11 Å². The SMILES string of the molecule is Cc1cc(C(=O)O)cc(Nc2cnccc2C)n1. The van der Waals surface area contributed by atoms with Crippen LogP contribution >= 0.6 is 0 Å². The number of anilines is 2. The van der Waals surface area contributed by atoms with E-state index in [1.54, 1.807) is 19.3 Å². The molecule has 0 radical (unpaired) electrons. The number of rotatable bonds is 3. The summed E-state index contributed by atoms with van der Waals surface area (Å²) in [4.78, 5) is 19.2. The molecular formula is C13H13N3O2. The third-order valence-corrected chi connectivity index (χ3v) is 2.50. The van der Waals surface area contributed by atoms with Crippen LogP contribution in [0.15, 0.2) is 30.6 Å². The standard InChI is InChI=1S/C13H13N3O2/c1-8-3-4-14-7-11(8)16-12-6-10(13(17)18)5-9(2)15-12/h3-7H,1-2H3,(H,15,16)(H,17,18). The molecule has 0 aromatic carbocycles. The number of carboxylic acid groups (broad SMARTS) is 1. The Hall–Kier alpha value is -2.43. The molecule has 2 aromatic heterocycles. The Kier molecular flexibility index (Phi) is 3.23. The normalized spacial score (nSPS) is 10.1. The highest BCUT2D eigenvalue weighted by molar-refractivity contribution is 5.88. The van der Waals surface area contributed by atoms with E-state index in [0.29, 0.717) is 11.5 Å². The molecule has 0 spiro atoms. The number of carbonyl (C=O) groups is 1. The number of aromatic nitrogens is 2. The van der Waals surface area contributed by atoms with E-state index in [2.05, 4.69) is 15.3 Å². The molecule has 0 fully saturated rings. The molecule has 5 nitrogen and oxygen atoms in total. The maximum Gasteiger partial charge on any atom is 0.335 e. The molecule has 18 heavy (non-hydrogen) atoms. The van der Waals surface area contributed by atoms with Crippen molar-refractivity contribution in [2.24, 2.45) is 0 Å². The van der Waals surface area contributed by atoms with Gasteiger partial charge >= 0.3 is 5.97 Å². The number of nitrogens with one attached hydrogen (secondary N) is 1. The molecule has 0 atom stereocenters. The van der Waals surface area contributed by atoms with Gasteiger partial charge in [0.1, 0.15) is 5.82 Å². The predicted molar refractivity (Wildman–Crippen MR) is 68.2 cm³/mol. The predicted octanol–water partition coefficient (Wildman–Crippen LogP) is 2.54. The smallest absolute Gasteiger partial charge is 0.335 e. The highest BCUT2D eigenvalue weighted by atomic mass is 16.4. The second-order valence-corrected chi connectivity index (χ2v) is 4.00. The van der Waals surface area contributed by atoms with Gasteiger partial charge in [-0.2, -0.15) is 0 Å². The second kappa shape index (κ2) is 4.83. The summed E-state index contributed by atoms with van der Waals surface area (Å²) >= 11 is 0. The van der Waals surface area contributed by atoms with Crippen LogP contribution in [0, 0.1) is 13.8 Å². The molecule has 0 saturated heterocycles. The van der Waals surface area contributed by atoms with E-state index in [-0.39, 0.29) is 5.56 Å². The molecule has 92 valence electrons. The largest absolute Gasteiger partial charge is 0.478 e. The number of aryl methyl sites for hydroxylation is 2. The lowest BCUT2D eigenvalue weighted by molar-refractivity contribution is 0.0696. The van der Waals surface area contributed by atoms with E-state index in [1.807, 2.05) is 13.0 Å². The molecule has 2 heterocycles. The lowest BCUT2D eigenvalue weighted by Gasteiger charge is -2.09. The van der Waals surface area contributed by atoms with Crippen LogP contribution < -0.4 is 5.32 Å². The van der Waals surface area contributed by atoms with E-state index in [0.717, 1.165) is 11.3 Å². The van der Waals surface area contributed by atoms with Crippen molar-refractivity contribution >= 4 is 17.5 Å². The average molecular weight is 243 g/mol. The van der Waals surface area contributed by atoms with Crippen molar-refractivity contribution in [1.29, 1.82) is 0 Å². The van der Waals surface area contributed by atoms with Crippen molar-refractivity contribution in [3.8, 4) is 0 Å². The van der Waals surface area contributed by atoms with Crippen LogP contribution in [0.4, 0.5) is 11.5 Å². The molecule has 0 aliphatic carbocycles. The van der Waals surface area contributed by atoms with Gasteiger partial charge in [-0.3, -0.25) is 4.98 Å². The summed E-state index contributed by atoms with van der Waals surface area (Å²) in [6.07, 6.45) is 3.38. The zero-order chi connectivity index (χ0) is 13.1. The first-order chi connectivity index (χ1) is 8.56. The van der Waals surface area contributed by atoms with Crippen molar-refractivity contribution in [1.82, 2.24) is 9.97 Å². The molecule has 0 bridgehead atoms. The van der Waals surface area contributed by atoms with Gasteiger partial charge in [0.15, 0.2) is 0 Å². The van der Waals surface area contributed by atoms with Crippen LogP contribution in [0.2, 0.25) is 0 Å². The monoisotopic (exact) mass is 243 g/mol. The van der Waals surface area contributed by atoms with E-state index in [1.165, 1.54) is 12.1 Å². The van der Waals surface area contributed by atoms with Crippen molar-refractivity contribution in [2.75, 3.05) is 5.32 Å². The Morgan fingerprint density at radius 2 is 2.11 bits per heavy atom. The Morgan fingerprint density at radius 3 is 2.78 bits per heavy atom. The molecule has 0 aliphatic rings. The highest BCUT2D eigenvalue weighted by Gasteiger charge is 2.07. The average Bonchev–Trinajstić information content (AvgIpc) is 2.31. The summed E-state index contributed by atoms with van der Waals surface area (Å²) < 4.78 is 0. The Morgan fingerprint density at radius 1 is 1.33 bits per heavy atom. The lowest BCUT2D eigenvalue weighted by Crippen LogP contribution is -2.02. The number of hydrogen-bond donors (Lipinski definition) is 2. The van der Waals surface area contributed by atoms with Gasteiger partial charge < -0.3 is 10.4 Å². The molecule has 0 aliphatic heterocycles. The molecule has 2 N–H and O–H groups in total. The number of pyridine rings is 2. The van der Waals surface area contributed by atoms with Crippen molar-refractivity contribution in [2.45, 2.75) is 13.8 Å². The van der Waals surface area contributed by atoms with Crippen molar-refractivity contribution in [3.63, 3.8) is 0 Å². The van der Waals surface area contributed by atoms with Crippen LogP contribution in [0.5, 0.6) is 0 Å². The van der Waals surface area contributed by atoms with Crippen LogP contribution in [-0.4, -0.2) is 21.0 Å². The molecular weight excluding hydrogens is 230 g/mol. The van der Waals surface area contributed by atoms with E-state index < -0.39 is 5.97 Å². The zero-order valence-corrected chi connectivity index (χ0v) is 10.1. The third kappa shape index (κ3) is 2.63. The van der Waals surface area contributed by atoms with Gasteiger partial charge in [-0.15, -0.1) is 0 Å². The minimum Gasteiger partial charge on any atom is -0.478 e. The minimum atomic E-state index is -0.966. The summed E-state index contributed by atoms with van der Waals surface area (Å²) in [7, 11) is 0. The summed E-state index contributed by atoms with van der Waals surface area (Å²) in [6, 6.07) is 4.90. The molecule has 0 amide bonds. The van der Waals surface area contributed by atoms with Gasteiger partial charge in [-0.25, -0.2) is 9.78 Å². The van der Waals surface area contributed by atoms with Gasteiger partial charge in [-0.1, -0.05) is 0 Å². The van der Waals surface area contributed by atoms with Gasteiger partial charge in [-0.05, 0) is 37.6 Å². The quantitative estimate of drug-likeness (QED) is 0.866.